The second-order valence-corrected chi connectivity index (χ2v) is 12.6. The third-order valence-electron chi connectivity index (χ3n) is 8.73. The van der Waals surface area contributed by atoms with Gasteiger partial charge in [0.25, 0.3) is 5.91 Å². The zero-order chi connectivity index (χ0) is 33.0. The molecule has 0 saturated carbocycles. The largest absolute Gasteiger partial charge is 0.338 e. The van der Waals surface area contributed by atoms with E-state index in [1.807, 2.05) is 54.6 Å². The van der Waals surface area contributed by atoms with Crippen LogP contribution in [0.1, 0.15) is 128 Å². The Balaban J connectivity index is 1.30. The Bertz CT molecular complexity index is 1230. The minimum atomic E-state index is -1.13. The molecule has 0 bridgehead atoms. The summed E-state index contributed by atoms with van der Waals surface area (Å²) in [4.78, 5) is 45.1. The molecule has 1 aliphatic rings. The van der Waals surface area contributed by atoms with Crippen LogP contribution in [0.3, 0.4) is 0 Å². The molecule has 3 N–H and O–H groups in total. The third kappa shape index (κ3) is 12.6. The van der Waals surface area contributed by atoms with Crippen molar-refractivity contribution >= 4 is 29.2 Å². The molecule has 46 heavy (non-hydrogen) atoms. The molecule has 2 aromatic carbocycles. The molecule has 8 nitrogen and oxygen atoms in total. The van der Waals surface area contributed by atoms with Gasteiger partial charge in [0.15, 0.2) is 0 Å². The number of anilines is 1. The Morgan fingerprint density at radius 3 is 1.87 bits per heavy atom. The molecule has 1 heterocycles. The quantitative estimate of drug-likeness (QED) is 0.122. The van der Waals surface area contributed by atoms with Gasteiger partial charge in [-0.2, -0.15) is 0 Å². The average molecular weight is 632 g/mol. The van der Waals surface area contributed by atoms with Crippen LogP contribution in [0.2, 0.25) is 0 Å². The minimum Gasteiger partial charge on any atom is -0.338 e. The molecular formula is C38H57N5O3. The molecular weight excluding hydrogens is 574 g/mol. The van der Waals surface area contributed by atoms with Gasteiger partial charge in [0.05, 0.1) is 11.4 Å². The zero-order valence-corrected chi connectivity index (χ0v) is 28.5. The highest BCUT2D eigenvalue weighted by atomic mass is 16.2. The molecule has 0 saturated heterocycles. The van der Waals surface area contributed by atoms with Gasteiger partial charge in [0, 0.05) is 24.7 Å². The first-order chi connectivity index (χ1) is 22.4. The Morgan fingerprint density at radius 2 is 1.28 bits per heavy atom. The summed E-state index contributed by atoms with van der Waals surface area (Å²) >= 11 is 0. The monoisotopic (exact) mass is 631 g/mol. The number of benzene rings is 2. The number of benzodiazepines with no additional fused rings is 1. The van der Waals surface area contributed by atoms with Crippen molar-refractivity contribution < 1.29 is 14.4 Å². The molecule has 4 amide bonds. The second-order valence-electron chi connectivity index (χ2n) is 12.6. The van der Waals surface area contributed by atoms with Crippen LogP contribution >= 0.6 is 0 Å². The molecule has 0 spiro atoms. The fraction of sp³-hybridized carbons (Fsp3) is 0.579. The highest BCUT2D eigenvalue weighted by Gasteiger charge is 2.32. The van der Waals surface area contributed by atoms with Crippen LogP contribution in [0.4, 0.5) is 10.5 Å². The van der Waals surface area contributed by atoms with E-state index in [1.165, 1.54) is 94.8 Å². The van der Waals surface area contributed by atoms with Gasteiger partial charge in [-0.05, 0) is 19.4 Å². The molecule has 2 aromatic rings. The van der Waals surface area contributed by atoms with Gasteiger partial charge < -0.3 is 20.9 Å². The summed E-state index contributed by atoms with van der Waals surface area (Å²) in [6.07, 6.45) is 19.7. The van der Waals surface area contributed by atoms with Crippen molar-refractivity contribution in [3.05, 3.63) is 65.7 Å². The molecule has 0 unspecified atom stereocenters. The topological polar surface area (TPSA) is 103 Å². The summed E-state index contributed by atoms with van der Waals surface area (Å²) in [6, 6.07) is 15.9. The van der Waals surface area contributed by atoms with Gasteiger partial charge >= 0.3 is 6.03 Å². The van der Waals surface area contributed by atoms with Crippen molar-refractivity contribution in [2.24, 2.45) is 4.99 Å². The Morgan fingerprint density at radius 1 is 0.761 bits per heavy atom. The van der Waals surface area contributed by atoms with Gasteiger partial charge in [-0.25, -0.2) is 9.79 Å². The van der Waals surface area contributed by atoms with E-state index < -0.39 is 24.1 Å². The first-order valence-corrected chi connectivity index (χ1v) is 17.8. The number of likely N-dealkylation sites (N-methyl/N-ethyl adjacent to an activating group) is 1. The number of aliphatic imine (C=N–C) groups is 1. The lowest BCUT2D eigenvalue weighted by Gasteiger charge is -2.22. The highest BCUT2D eigenvalue weighted by molar-refractivity contribution is 6.20. The molecule has 1 aliphatic heterocycles. The van der Waals surface area contributed by atoms with E-state index in [1.54, 1.807) is 14.0 Å². The van der Waals surface area contributed by atoms with Crippen molar-refractivity contribution in [1.82, 2.24) is 16.0 Å². The first kappa shape index (κ1) is 36.8. The van der Waals surface area contributed by atoms with E-state index in [-0.39, 0.29) is 5.91 Å². The van der Waals surface area contributed by atoms with Crippen LogP contribution in [-0.2, 0) is 9.59 Å². The molecule has 2 atom stereocenters. The summed E-state index contributed by atoms with van der Waals surface area (Å²) in [5.74, 6) is -0.835. The Kier molecular flexibility index (Phi) is 16.9. The molecule has 0 radical (unpaired) electrons. The number of fused-ring (bicyclic) bond motifs is 1. The van der Waals surface area contributed by atoms with Gasteiger partial charge in [0.1, 0.15) is 6.04 Å². The van der Waals surface area contributed by atoms with Gasteiger partial charge in [-0.15, -0.1) is 0 Å². The van der Waals surface area contributed by atoms with E-state index in [9.17, 15) is 14.4 Å². The summed E-state index contributed by atoms with van der Waals surface area (Å²) in [6.45, 7) is 4.44. The number of unbranched alkanes of at least 4 members (excludes halogenated alkanes) is 15. The van der Waals surface area contributed by atoms with Crippen molar-refractivity contribution in [2.75, 3.05) is 18.5 Å². The fourth-order valence-corrected chi connectivity index (χ4v) is 5.89. The molecule has 8 heteroatoms. The van der Waals surface area contributed by atoms with Crippen molar-refractivity contribution in [3.63, 3.8) is 0 Å². The Hall–Kier alpha value is -3.68. The van der Waals surface area contributed by atoms with E-state index in [2.05, 4.69) is 22.9 Å². The number of hydrogen-bond acceptors (Lipinski definition) is 4. The number of nitrogens with one attached hydrogen (secondary N) is 3. The van der Waals surface area contributed by atoms with Gasteiger partial charge in [0.2, 0.25) is 12.1 Å². The minimum absolute atomic E-state index is 0.355. The van der Waals surface area contributed by atoms with Crippen LogP contribution < -0.4 is 20.9 Å². The maximum absolute atomic E-state index is 13.4. The summed E-state index contributed by atoms with van der Waals surface area (Å²) in [5.41, 5.74) is 2.99. The number of amides is 4. The summed E-state index contributed by atoms with van der Waals surface area (Å²) in [5, 5.41) is 8.29. The van der Waals surface area contributed by atoms with Crippen molar-refractivity contribution in [3.8, 4) is 0 Å². The van der Waals surface area contributed by atoms with E-state index in [0.717, 1.165) is 24.0 Å². The predicted molar refractivity (Wildman–Crippen MR) is 189 cm³/mol. The first-order valence-electron chi connectivity index (χ1n) is 17.8. The smallest absolute Gasteiger partial charge is 0.315 e. The lowest BCUT2D eigenvalue weighted by molar-refractivity contribution is -0.128. The van der Waals surface area contributed by atoms with Crippen molar-refractivity contribution in [2.45, 2.75) is 129 Å². The van der Waals surface area contributed by atoms with E-state index >= 15 is 0 Å². The molecule has 0 aromatic heterocycles. The predicted octanol–water partition coefficient (Wildman–Crippen LogP) is 7.89. The van der Waals surface area contributed by atoms with Crippen LogP contribution in [0.25, 0.3) is 0 Å². The maximum Gasteiger partial charge on any atom is 0.315 e. The molecule has 3 rings (SSSR count). The summed E-state index contributed by atoms with van der Waals surface area (Å²) in [7, 11) is 1.68. The molecule has 0 aliphatic carbocycles. The number of rotatable bonds is 21. The fourth-order valence-electron chi connectivity index (χ4n) is 5.89. The van der Waals surface area contributed by atoms with E-state index in [0.29, 0.717) is 17.9 Å². The summed E-state index contributed by atoms with van der Waals surface area (Å²) < 4.78 is 0. The second kappa shape index (κ2) is 21.2. The van der Waals surface area contributed by atoms with Gasteiger partial charge in [-0.3, -0.25) is 9.59 Å². The number of carbonyl (C=O) groups excluding carboxylic acids is 3. The standard InChI is InChI=1S/C38H57N5O3/c1-4-5-6-7-8-9-10-11-12-13-14-15-16-17-18-24-29-39-38(46)40-30(2)36(44)42-35-37(45)43(3)33-28-23-22-27-32(33)34(41-35)31-25-20-19-21-26-31/h19-23,25-28,30,35H,4-18,24,29H2,1-3H3,(H,42,44)(H2,39,40,46)/t30-,35+/m0/s1. The highest BCUT2D eigenvalue weighted by Crippen LogP contribution is 2.27. The number of carbonyl (C=O) groups is 3. The van der Waals surface area contributed by atoms with Crippen LogP contribution in [-0.4, -0.2) is 49.4 Å². The van der Waals surface area contributed by atoms with Crippen LogP contribution in [0.15, 0.2) is 59.6 Å². The zero-order valence-electron chi connectivity index (χ0n) is 28.5. The van der Waals surface area contributed by atoms with E-state index in [4.69, 9.17) is 4.99 Å². The molecule has 0 fully saturated rings. The average Bonchev–Trinajstić information content (AvgIpc) is 3.17. The number of para-hydroxylation sites is 1. The number of nitrogens with zero attached hydrogens (tertiary/aromatic N) is 2. The Labute approximate surface area is 277 Å². The SMILES string of the molecule is CCCCCCCCCCCCCCCCCCNC(=O)N[C@@H](C)C(=O)N[C@H]1N=C(c2ccccc2)c2ccccc2N(C)C1=O. The molecule has 252 valence electrons. The van der Waals surface area contributed by atoms with Crippen molar-refractivity contribution in [1.29, 1.82) is 0 Å². The third-order valence-corrected chi connectivity index (χ3v) is 8.73. The maximum atomic E-state index is 13.4. The normalized spacial score (nSPS) is 15.0. The van der Waals surface area contributed by atoms with Gasteiger partial charge in [-0.1, -0.05) is 152 Å². The lowest BCUT2D eigenvalue weighted by atomic mass is 10.0. The lowest BCUT2D eigenvalue weighted by Crippen LogP contribution is -2.53. The van der Waals surface area contributed by atoms with Crippen LogP contribution in [0, 0.1) is 0 Å². The number of urea groups is 1. The van der Waals surface area contributed by atoms with Crippen LogP contribution in [0.5, 0.6) is 0 Å². The number of hydrogen-bond donors (Lipinski definition) is 3.